The van der Waals surface area contributed by atoms with Crippen LogP contribution >= 0.6 is 0 Å². The van der Waals surface area contributed by atoms with Gasteiger partial charge in [0.15, 0.2) is 0 Å². The van der Waals surface area contributed by atoms with Crippen LogP contribution in [0.5, 0.6) is 0 Å². The molecule has 0 amide bonds. The minimum absolute atomic E-state index is 0.0666. The van der Waals surface area contributed by atoms with Gasteiger partial charge >= 0.3 is 821 Å². The van der Waals surface area contributed by atoms with Gasteiger partial charge in [0, 0.05) is 0 Å². The van der Waals surface area contributed by atoms with Gasteiger partial charge in [0.1, 0.15) is 0 Å². The zero-order valence-electron chi connectivity index (χ0n) is 85.1. The van der Waals surface area contributed by atoms with Crippen LogP contribution in [-0.2, 0) is 71.2 Å². The number of ether oxygens (including phenoxy) is 8. The monoisotopic (exact) mass is 2110 g/mol. The van der Waals surface area contributed by atoms with Crippen LogP contribution in [0.3, 0.4) is 0 Å². The number of hydrogen-bond donors (Lipinski definition) is 1. The summed E-state index contributed by atoms with van der Waals surface area (Å²) in [5, 5.41) is 0. The predicted octanol–water partition coefficient (Wildman–Crippen LogP) is 21.4. The molecular formula is C131H120Ge2O15S. The van der Waals surface area contributed by atoms with Crippen LogP contribution in [0.2, 0.25) is 0 Å². The molecule has 18 heteroatoms. The topological polar surface area (TPSA) is 196 Å². The molecule has 0 unspecified atom stereocenters. The van der Waals surface area contributed by atoms with Crippen molar-refractivity contribution in [2.45, 2.75) is 90.4 Å². The van der Waals surface area contributed by atoms with Gasteiger partial charge in [0.05, 0.1) is 4.90 Å². The Hall–Kier alpha value is -13.9. The summed E-state index contributed by atoms with van der Waals surface area (Å²) in [4.78, 5) is 54.3. The zero-order valence-corrected chi connectivity index (χ0v) is 90.1. The fraction of sp³-hybridized carbons (Fsp3) is 0.191. The van der Waals surface area contributed by atoms with E-state index in [4.69, 9.17) is 42.4 Å². The third-order valence-corrected chi connectivity index (χ3v) is 49.5. The van der Waals surface area contributed by atoms with E-state index in [-0.39, 0.29) is 49.7 Å². The molecule has 0 bridgehead atoms. The fourth-order valence-electron chi connectivity index (χ4n) is 20.3. The van der Waals surface area contributed by atoms with Crippen molar-refractivity contribution in [2.24, 2.45) is 21.7 Å². The van der Waals surface area contributed by atoms with Gasteiger partial charge in [-0.2, -0.15) is 8.42 Å². The number of carbonyl (C=O) groups is 4. The molecular weight excluding hydrogens is 1990 g/mol. The Morgan fingerprint density at radius 3 is 0.503 bits per heavy atom. The Morgan fingerprint density at radius 1 is 0.201 bits per heavy atom. The Balaban J connectivity index is 0.000000178. The first kappa shape index (κ1) is 104. The number of benzene rings is 17. The molecule has 0 atom stereocenters. The Bertz CT molecular complexity index is 6760. The number of hydrogen-bond acceptors (Lipinski definition) is 14. The minimum atomic E-state index is -4.28. The summed E-state index contributed by atoms with van der Waals surface area (Å²) in [6, 6.07) is 152. The molecule has 0 saturated carbocycles. The van der Waals surface area contributed by atoms with Crippen LogP contribution < -0.4 is 35.2 Å². The Kier molecular flexibility index (Phi) is 30.2. The van der Waals surface area contributed by atoms with Gasteiger partial charge in [0.2, 0.25) is 0 Å². The van der Waals surface area contributed by atoms with E-state index in [0.29, 0.717) is 97.4 Å². The molecule has 0 spiro atoms. The van der Waals surface area contributed by atoms with Crippen LogP contribution in [-0.4, -0.2) is 115 Å². The van der Waals surface area contributed by atoms with Crippen molar-refractivity contribution in [3.63, 3.8) is 0 Å². The van der Waals surface area contributed by atoms with Crippen LogP contribution in [0.25, 0.3) is 0 Å². The van der Waals surface area contributed by atoms with E-state index in [9.17, 15) is 27.6 Å². The van der Waals surface area contributed by atoms with Crippen LogP contribution in [0.4, 0.5) is 0 Å². The summed E-state index contributed by atoms with van der Waals surface area (Å²) in [6.07, 6.45) is 0. The van der Waals surface area contributed by atoms with Crippen molar-refractivity contribution in [1.29, 1.82) is 0 Å². The molecule has 17 aromatic carbocycles. The van der Waals surface area contributed by atoms with Crippen molar-refractivity contribution in [1.82, 2.24) is 0 Å². The second-order valence-electron chi connectivity index (χ2n) is 42.1. The van der Waals surface area contributed by atoms with Gasteiger partial charge in [-0.15, -0.1) is 0 Å². The molecule has 0 aromatic heterocycles. The van der Waals surface area contributed by atoms with Crippen molar-refractivity contribution < 1.29 is 70.0 Å². The second kappa shape index (κ2) is 43.3. The number of aryl methyl sites for hydroxylation is 1. The molecule has 748 valence electrons. The van der Waals surface area contributed by atoms with E-state index in [0.717, 1.165) is 67.7 Å². The van der Waals surface area contributed by atoms with E-state index in [1.807, 2.05) is 250 Å². The number of carbonyl (C=O) groups excluding carboxylic acids is 4. The van der Waals surface area contributed by atoms with E-state index >= 15 is 0 Å². The molecule has 21 rings (SSSR count). The van der Waals surface area contributed by atoms with E-state index in [1.54, 1.807) is 12.1 Å². The summed E-state index contributed by atoms with van der Waals surface area (Å²) in [5.41, 5.74) is 12.6. The molecule has 0 aliphatic carbocycles. The van der Waals surface area contributed by atoms with Gasteiger partial charge in [-0.1, -0.05) is 17.7 Å². The standard InChI is InChI=1S/C72H76GeO8.C52H36GeO4.C7H8O3S/c1-65(2)45-74-69(75-46-65,53-21-13-9-14-22-53)57-29-37-61(38-30-57)73(62-39-31-58(32-40-62)70(54-23-15-10-16-24-54)76-47-66(3,4)48-77-70,63-41-33-59(34-42-63)71(55-25-17-11-18-26-55)78-49-67(5,6)50-79-71)64-43-35-60(36-44-64)72(56-27-19-12-20-28-56)80-51-68(7,8)52-81-72;54-49(37-13-5-1-6-14-37)41-21-29-45(30-22-41)53(46-31-23-42(24-32-46)50(55)38-15-7-2-8-16-38,47-33-25-43(26-34-47)51(56)39-17-9-3-10-18-39)48-35-27-44(28-36-48)52(57)40-19-11-4-12-20-40;1-6-2-4-7(5-3-6)11(8,9)10/h9-44H,45-52H2,1-8H3;1-36H;2-5H,1H3,(H,8,9,10). The summed E-state index contributed by atoms with van der Waals surface area (Å²) < 4.78 is 94.1. The number of ketones is 4. The van der Waals surface area contributed by atoms with Crippen molar-refractivity contribution in [3.8, 4) is 0 Å². The Morgan fingerprint density at radius 2 is 0.342 bits per heavy atom. The van der Waals surface area contributed by atoms with Crippen molar-refractivity contribution >= 4 is 95.0 Å². The molecule has 1 N–H and O–H groups in total. The molecule has 4 saturated heterocycles. The van der Waals surface area contributed by atoms with Crippen molar-refractivity contribution in [2.75, 3.05) is 52.9 Å². The molecule has 15 nitrogen and oxygen atoms in total. The van der Waals surface area contributed by atoms with Gasteiger partial charge in [-0.05, 0) is 19.1 Å². The van der Waals surface area contributed by atoms with E-state index < -0.39 is 59.8 Å². The average Bonchev–Trinajstić information content (AvgIpc) is 0.704. The maximum atomic E-state index is 13.6. The van der Waals surface area contributed by atoms with E-state index in [2.05, 4.69) is 250 Å². The maximum absolute atomic E-state index is 13.6. The number of rotatable bonds is 25. The van der Waals surface area contributed by atoms with E-state index in [1.165, 1.54) is 29.7 Å². The third-order valence-electron chi connectivity index (χ3n) is 28.5. The molecule has 17 aromatic rings. The molecule has 4 fully saturated rings. The first-order valence-electron chi connectivity index (χ1n) is 50.5. The zero-order chi connectivity index (χ0) is 104. The predicted molar refractivity (Wildman–Crippen MR) is 592 cm³/mol. The summed E-state index contributed by atoms with van der Waals surface area (Å²) in [7, 11) is -4.02. The van der Waals surface area contributed by atoms with Crippen LogP contribution in [0.15, 0.2) is 466 Å². The normalized spacial score (nSPS) is 16.7. The molecule has 0 radical (unpaired) electrons. The molecule has 149 heavy (non-hydrogen) atoms. The first-order valence-corrected chi connectivity index (χ1v) is 60.3. The molecule has 4 aliphatic rings. The van der Waals surface area contributed by atoms with Crippen molar-refractivity contribution in [3.05, 3.63) is 556 Å². The first-order chi connectivity index (χ1) is 71.8. The SMILES string of the molecule is CC1(C)COC(c2ccccc2)(c2cc[c]([Ge]([c]3ccc(C4(c5ccccc5)OCC(C)(C)CO4)cc3)([c]3ccc(C4(c5ccccc5)OCC(C)(C)CO4)cc3)[c]3ccc(C4(c5ccccc5)OCC(C)(C)CO4)cc3)cc2)OC1.Cc1ccc(S(=O)(=O)O)cc1.O=C(c1ccccc1)c1cc[c]([Ge]([c]2ccc(C(=O)c3ccccc3)cc2)([c]2ccc(C(=O)c3ccccc3)cc2)[c]2ccc(C(=O)c3ccccc3)cc2)cc1. The third kappa shape index (κ3) is 21.5. The average molecular weight is 2110 g/mol. The molecule has 4 aliphatic heterocycles. The van der Waals surface area contributed by atoms with Gasteiger partial charge in [-0.3, -0.25) is 4.55 Å². The van der Waals surface area contributed by atoms with Gasteiger partial charge in [0.25, 0.3) is 10.1 Å². The Labute approximate surface area is 878 Å². The van der Waals surface area contributed by atoms with Crippen LogP contribution in [0, 0.1) is 28.6 Å². The molecule has 4 heterocycles. The van der Waals surface area contributed by atoms with Crippen LogP contribution in [0.1, 0.15) is 169 Å². The summed E-state index contributed by atoms with van der Waals surface area (Å²) in [5.74, 6) is -4.69. The van der Waals surface area contributed by atoms with Gasteiger partial charge in [-0.25, -0.2) is 0 Å². The quantitative estimate of drug-likeness (QED) is 0.0322. The van der Waals surface area contributed by atoms with Gasteiger partial charge < -0.3 is 0 Å². The summed E-state index contributed by atoms with van der Waals surface area (Å²) >= 11 is -8.37. The summed E-state index contributed by atoms with van der Waals surface area (Å²) in [6.45, 7) is 23.7. The second-order valence-corrected chi connectivity index (χ2v) is 59.5. The fourth-order valence-corrected chi connectivity index (χ4v) is 40.4.